The Bertz CT molecular complexity index is 740. The molecule has 7 nitrogen and oxygen atoms in total. The molecule has 1 aromatic rings. The van der Waals surface area contributed by atoms with Crippen LogP contribution in [0.5, 0.6) is 5.75 Å². The number of hydrogen-bond donors (Lipinski definition) is 2. The highest BCUT2D eigenvalue weighted by Crippen LogP contribution is 2.51. The molecule has 26 heavy (non-hydrogen) atoms. The van der Waals surface area contributed by atoms with E-state index in [1.54, 1.807) is 38.1 Å². The molecule has 3 atom stereocenters. The van der Waals surface area contributed by atoms with Crippen LogP contribution >= 0.6 is 0 Å². The van der Waals surface area contributed by atoms with Crippen LogP contribution in [0.4, 0.5) is 0 Å². The Kier molecular flexibility index (Phi) is 5.57. The standard InChI is InChI=1S/C19H24N2O5/c1-5-25-15-10-19(17(23)24,18(15,3)4)21-16(22)12(2)26-14-9-7-6-8-13(14)11-20/h6-9,12,15H,5,10H2,1-4H3,(H,21,22)(H,23,24). The fourth-order valence-corrected chi connectivity index (χ4v) is 3.25. The molecule has 1 fully saturated rings. The molecule has 2 N–H and O–H groups in total. The fourth-order valence-electron chi connectivity index (χ4n) is 3.25. The Balaban J connectivity index is 2.14. The van der Waals surface area contributed by atoms with E-state index < -0.39 is 28.9 Å². The number of hydrogen-bond acceptors (Lipinski definition) is 5. The zero-order chi connectivity index (χ0) is 19.5. The Labute approximate surface area is 152 Å². The molecule has 0 radical (unpaired) electrons. The lowest BCUT2D eigenvalue weighted by Gasteiger charge is -2.58. The molecule has 0 heterocycles. The van der Waals surface area contributed by atoms with Crippen LogP contribution in [0.15, 0.2) is 24.3 Å². The van der Waals surface area contributed by atoms with Crippen LogP contribution < -0.4 is 10.1 Å². The fraction of sp³-hybridized carbons (Fsp3) is 0.526. The number of carboxylic acid groups (broad SMARTS) is 1. The molecule has 0 aromatic heterocycles. The number of nitriles is 1. The smallest absolute Gasteiger partial charge is 0.330 e. The van der Waals surface area contributed by atoms with Gasteiger partial charge in [-0.25, -0.2) is 4.79 Å². The zero-order valence-corrected chi connectivity index (χ0v) is 15.4. The van der Waals surface area contributed by atoms with E-state index in [9.17, 15) is 14.7 Å². The first kappa shape index (κ1) is 19.7. The third-order valence-electron chi connectivity index (χ3n) is 5.15. The van der Waals surface area contributed by atoms with Crippen molar-refractivity contribution in [3.05, 3.63) is 29.8 Å². The largest absolute Gasteiger partial charge is 0.480 e. The lowest BCUT2D eigenvalue weighted by Crippen LogP contribution is -2.76. The number of carbonyl (C=O) groups excluding carboxylic acids is 1. The van der Waals surface area contributed by atoms with Gasteiger partial charge in [-0.15, -0.1) is 0 Å². The number of aliphatic carboxylic acids is 1. The van der Waals surface area contributed by atoms with E-state index in [4.69, 9.17) is 14.7 Å². The van der Waals surface area contributed by atoms with Crippen LogP contribution in [0, 0.1) is 16.7 Å². The Morgan fingerprint density at radius 1 is 1.42 bits per heavy atom. The lowest BCUT2D eigenvalue weighted by atomic mass is 9.54. The van der Waals surface area contributed by atoms with Gasteiger partial charge >= 0.3 is 5.97 Å². The third-order valence-corrected chi connectivity index (χ3v) is 5.15. The lowest BCUT2D eigenvalue weighted by molar-refractivity contribution is -0.195. The Hall–Kier alpha value is -2.59. The molecule has 7 heteroatoms. The average molecular weight is 360 g/mol. The summed E-state index contributed by atoms with van der Waals surface area (Å²) in [7, 11) is 0. The highest BCUT2D eigenvalue weighted by molar-refractivity contribution is 5.91. The normalized spacial score (nSPS) is 24.7. The minimum absolute atomic E-state index is 0.191. The van der Waals surface area contributed by atoms with Gasteiger partial charge in [0.15, 0.2) is 6.10 Å². The molecule has 0 bridgehead atoms. The van der Waals surface area contributed by atoms with Gasteiger partial charge in [-0.1, -0.05) is 26.0 Å². The second-order valence-electron chi connectivity index (χ2n) is 6.94. The monoisotopic (exact) mass is 360 g/mol. The minimum atomic E-state index is -1.42. The van der Waals surface area contributed by atoms with Crippen LogP contribution in [0.25, 0.3) is 0 Å². The van der Waals surface area contributed by atoms with Crippen LogP contribution in [0.3, 0.4) is 0 Å². The van der Waals surface area contributed by atoms with E-state index in [2.05, 4.69) is 5.32 Å². The van der Waals surface area contributed by atoms with Gasteiger partial charge in [-0.2, -0.15) is 5.26 Å². The van der Waals surface area contributed by atoms with Crippen molar-refractivity contribution in [1.82, 2.24) is 5.32 Å². The molecule has 1 saturated carbocycles. The van der Waals surface area contributed by atoms with E-state index >= 15 is 0 Å². The van der Waals surface area contributed by atoms with Crippen LogP contribution in [-0.2, 0) is 14.3 Å². The van der Waals surface area contributed by atoms with E-state index in [0.29, 0.717) is 12.2 Å². The van der Waals surface area contributed by atoms with Gasteiger partial charge in [0.2, 0.25) is 0 Å². The average Bonchev–Trinajstić information content (AvgIpc) is 2.60. The molecule has 140 valence electrons. The summed E-state index contributed by atoms with van der Waals surface area (Å²) in [4.78, 5) is 24.5. The van der Waals surface area contributed by atoms with Crippen molar-refractivity contribution in [2.75, 3.05) is 6.61 Å². The molecule has 2 rings (SSSR count). The van der Waals surface area contributed by atoms with Crippen LogP contribution in [-0.4, -0.2) is 41.3 Å². The van der Waals surface area contributed by atoms with Gasteiger partial charge in [0.1, 0.15) is 17.4 Å². The number of carboxylic acids is 1. The number of rotatable bonds is 7. The first-order chi connectivity index (χ1) is 12.2. The van der Waals surface area contributed by atoms with Crippen molar-refractivity contribution in [1.29, 1.82) is 5.26 Å². The molecule has 1 amide bonds. The van der Waals surface area contributed by atoms with Gasteiger partial charge in [-0.3, -0.25) is 4.79 Å². The highest BCUT2D eigenvalue weighted by atomic mass is 16.5. The Morgan fingerprint density at radius 2 is 2.08 bits per heavy atom. The summed E-state index contributed by atoms with van der Waals surface area (Å²) in [6.07, 6.45) is -1.02. The predicted octanol–water partition coefficient (Wildman–Crippen LogP) is 2.10. The molecular weight excluding hydrogens is 336 g/mol. The molecule has 1 aliphatic carbocycles. The van der Waals surface area contributed by atoms with Crippen molar-refractivity contribution in [3.8, 4) is 11.8 Å². The summed E-state index contributed by atoms with van der Waals surface area (Å²) in [5.41, 5.74) is -1.88. The SMILES string of the molecule is CCOC1CC(NC(=O)C(C)Oc2ccccc2C#N)(C(=O)O)C1(C)C. The van der Waals surface area contributed by atoms with Crippen molar-refractivity contribution < 1.29 is 24.2 Å². The number of amides is 1. The maximum atomic E-state index is 12.6. The van der Waals surface area contributed by atoms with Gasteiger partial charge in [-0.05, 0) is 26.0 Å². The van der Waals surface area contributed by atoms with E-state index in [1.807, 2.05) is 13.0 Å². The molecule has 1 aromatic carbocycles. The molecule has 3 unspecified atom stereocenters. The van der Waals surface area contributed by atoms with Gasteiger partial charge in [0.25, 0.3) is 5.91 Å². The Morgan fingerprint density at radius 3 is 2.62 bits per heavy atom. The van der Waals surface area contributed by atoms with Crippen molar-refractivity contribution in [2.24, 2.45) is 5.41 Å². The van der Waals surface area contributed by atoms with Crippen molar-refractivity contribution in [3.63, 3.8) is 0 Å². The summed E-state index contributed by atoms with van der Waals surface area (Å²) in [6, 6.07) is 8.56. The number of carbonyl (C=O) groups is 2. The summed E-state index contributed by atoms with van der Waals surface area (Å²) < 4.78 is 11.2. The zero-order valence-electron chi connectivity index (χ0n) is 15.4. The van der Waals surface area contributed by atoms with Gasteiger partial charge < -0.3 is 19.9 Å². The predicted molar refractivity (Wildman–Crippen MR) is 93.6 cm³/mol. The number of nitrogens with one attached hydrogen (secondary N) is 1. The first-order valence-electron chi connectivity index (χ1n) is 8.52. The quantitative estimate of drug-likeness (QED) is 0.771. The summed E-state index contributed by atoms with van der Waals surface area (Å²) in [5, 5.41) is 21.5. The first-order valence-corrected chi connectivity index (χ1v) is 8.52. The maximum absolute atomic E-state index is 12.6. The van der Waals surface area contributed by atoms with E-state index in [0.717, 1.165) is 0 Å². The minimum Gasteiger partial charge on any atom is -0.480 e. The van der Waals surface area contributed by atoms with Gasteiger partial charge in [0, 0.05) is 18.4 Å². The maximum Gasteiger partial charge on any atom is 0.330 e. The second-order valence-corrected chi connectivity index (χ2v) is 6.94. The molecular formula is C19H24N2O5. The topological polar surface area (TPSA) is 109 Å². The van der Waals surface area contributed by atoms with Crippen LogP contribution in [0.2, 0.25) is 0 Å². The molecule has 1 aliphatic rings. The number of para-hydroxylation sites is 1. The number of ether oxygens (including phenoxy) is 2. The van der Waals surface area contributed by atoms with E-state index in [1.165, 1.54) is 6.92 Å². The highest BCUT2D eigenvalue weighted by Gasteiger charge is 2.66. The van der Waals surface area contributed by atoms with Crippen molar-refractivity contribution >= 4 is 11.9 Å². The molecule has 0 saturated heterocycles. The number of benzene rings is 1. The summed E-state index contributed by atoms with van der Waals surface area (Å²) in [5.74, 6) is -1.37. The van der Waals surface area contributed by atoms with E-state index in [-0.39, 0.29) is 18.3 Å². The summed E-state index contributed by atoms with van der Waals surface area (Å²) >= 11 is 0. The third kappa shape index (κ3) is 3.25. The second kappa shape index (κ2) is 7.34. The molecule has 0 spiro atoms. The number of nitrogens with zero attached hydrogens (tertiary/aromatic N) is 1. The molecule has 0 aliphatic heterocycles. The summed E-state index contributed by atoms with van der Waals surface area (Å²) in [6.45, 7) is 7.37. The van der Waals surface area contributed by atoms with Crippen molar-refractivity contribution in [2.45, 2.75) is 51.9 Å². The van der Waals surface area contributed by atoms with Crippen LogP contribution in [0.1, 0.15) is 39.7 Å². The van der Waals surface area contributed by atoms with Gasteiger partial charge in [0.05, 0.1) is 11.7 Å².